The van der Waals surface area contributed by atoms with Crippen molar-refractivity contribution in [2.45, 2.75) is 10.6 Å². The van der Waals surface area contributed by atoms with Crippen molar-refractivity contribution in [2.75, 3.05) is 0 Å². The quantitative estimate of drug-likeness (QED) is 0.837. The third-order valence-electron chi connectivity index (χ3n) is 2.26. The number of phenols is 1. The molecule has 0 aliphatic heterocycles. The van der Waals surface area contributed by atoms with E-state index >= 15 is 0 Å². The van der Waals surface area contributed by atoms with E-state index in [1.54, 1.807) is 18.2 Å². The first kappa shape index (κ1) is 12.5. The van der Waals surface area contributed by atoms with Gasteiger partial charge in [-0.1, -0.05) is 28.1 Å². The molecule has 0 fully saturated rings. The van der Waals surface area contributed by atoms with Crippen LogP contribution in [0.3, 0.4) is 0 Å². The average Bonchev–Trinajstić information content (AvgIpc) is 2.32. The van der Waals surface area contributed by atoms with Crippen LogP contribution in [0.2, 0.25) is 0 Å². The second kappa shape index (κ2) is 5.56. The fourth-order valence-electron chi connectivity index (χ4n) is 1.39. The molecule has 0 aromatic heterocycles. The molecule has 0 amide bonds. The van der Waals surface area contributed by atoms with E-state index in [1.807, 2.05) is 12.1 Å². The summed E-state index contributed by atoms with van der Waals surface area (Å²) in [6.07, 6.45) is 0. The molecule has 2 aromatic rings. The molecule has 0 aliphatic carbocycles. The molecule has 0 bridgehead atoms. The molecule has 2 rings (SSSR count). The van der Waals surface area contributed by atoms with Crippen molar-refractivity contribution in [1.29, 1.82) is 0 Å². The Morgan fingerprint density at radius 3 is 2.71 bits per heavy atom. The van der Waals surface area contributed by atoms with Gasteiger partial charge in [0.25, 0.3) is 0 Å². The predicted octanol–water partition coefficient (Wildman–Crippen LogP) is 4.59. The summed E-state index contributed by atoms with van der Waals surface area (Å²) in [6, 6.07) is 11.7. The van der Waals surface area contributed by atoms with Crippen molar-refractivity contribution >= 4 is 27.7 Å². The van der Waals surface area contributed by atoms with E-state index in [9.17, 15) is 9.50 Å². The number of hydrogen-bond acceptors (Lipinski definition) is 2. The molecule has 0 heterocycles. The second-order valence-electron chi connectivity index (χ2n) is 3.49. The smallest absolute Gasteiger partial charge is 0.129 e. The molecule has 1 nitrogen and oxygen atoms in total. The monoisotopic (exact) mass is 312 g/mol. The van der Waals surface area contributed by atoms with Crippen LogP contribution in [0.25, 0.3) is 0 Å². The van der Waals surface area contributed by atoms with Gasteiger partial charge in [0.15, 0.2) is 0 Å². The predicted molar refractivity (Wildman–Crippen MR) is 71.8 cm³/mol. The molecular weight excluding hydrogens is 303 g/mol. The minimum absolute atomic E-state index is 0.249. The van der Waals surface area contributed by atoms with Crippen LogP contribution >= 0.6 is 27.7 Å². The largest absolute Gasteiger partial charge is 0.507 e. The van der Waals surface area contributed by atoms with Gasteiger partial charge in [-0.05, 0) is 35.9 Å². The van der Waals surface area contributed by atoms with Gasteiger partial charge < -0.3 is 5.11 Å². The maximum Gasteiger partial charge on any atom is 0.129 e. The highest BCUT2D eigenvalue weighted by atomic mass is 79.9. The Morgan fingerprint density at radius 1 is 1.18 bits per heavy atom. The molecular formula is C13H10BrFOS. The summed E-state index contributed by atoms with van der Waals surface area (Å²) in [5, 5.41) is 9.61. The van der Waals surface area contributed by atoms with Gasteiger partial charge in [0.2, 0.25) is 0 Å². The van der Waals surface area contributed by atoms with E-state index in [0.717, 1.165) is 14.9 Å². The van der Waals surface area contributed by atoms with Gasteiger partial charge in [-0.3, -0.25) is 0 Å². The number of benzene rings is 2. The lowest BCUT2D eigenvalue weighted by Gasteiger charge is -2.06. The minimum atomic E-state index is -0.249. The second-order valence-corrected chi connectivity index (χ2v) is 5.36. The van der Waals surface area contributed by atoms with Crippen LogP contribution in [0.4, 0.5) is 4.39 Å². The van der Waals surface area contributed by atoms with Crippen molar-refractivity contribution in [3.8, 4) is 5.75 Å². The van der Waals surface area contributed by atoms with Gasteiger partial charge in [-0.15, -0.1) is 11.8 Å². The van der Waals surface area contributed by atoms with E-state index in [0.29, 0.717) is 5.75 Å². The van der Waals surface area contributed by atoms with Crippen LogP contribution in [0.1, 0.15) is 5.56 Å². The van der Waals surface area contributed by atoms with Crippen LogP contribution in [0.15, 0.2) is 51.8 Å². The zero-order chi connectivity index (χ0) is 12.3. The standard InChI is InChI=1S/C13H10BrFOS/c14-11-6-5-10(15)7-9(11)8-17-13-4-2-1-3-12(13)16/h1-7,16H,8H2. The Bertz CT molecular complexity index is 531. The molecule has 0 spiro atoms. The summed E-state index contributed by atoms with van der Waals surface area (Å²) >= 11 is 4.86. The van der Waals surface area contributed by atoms with Crippen LogP contribution in [0, 0.1) is 5.82 Å². The third-order valence-corrected chi connectivity index (χ3v) is 4.14. The number of phenolic OH excluding ortho intramolecular Hbond substituents is 1. The topological polar surface area (TPSA) is 20.2 Å². The van der Waals surface area contributed by atoms with Gasteiger partial charge in [0.1, 0.15) is 11.6 Å². The number of rotatable bonds is 3. The van der Waals surface area contributed by atoms with Gasteiger partial charge in [-0.2, -0.15) is 0 Å². The Labute approximate surface area is 112 Å². The lowest BCUT2D eigenvalue weighted by molar-refractivity contribution is 0.462. The molecule has 17 heavy (non-hydrogen) atoms. The van der Waals surface area contributed by atoms with Crippen molar-refractivity contribution in [1.82, 2.24) is 0 Å². The van der Waals surface area contributed by atoms with Crippen LogP contribution < -0.4 is 0 Å². The maximum absolute atomic E-state index is 13.1. The number of hydrogen-bond donors (Lipinski definition) is 1. The lowest BCUT2D eigenvalue weighted by Crippen LogP contribution is -1.85. The normalized spacial score (nSPS) is 10.5. The molecule has 0 aliphatic rings. The summed E-state index contributed by atoms with van der Waals surface area (Å²) < 4.78 is 13.9. The first-order valence-corrected chi connectivity index (χ1v) is 6.79. The number of para-hydroxylation sites is 1. The molecule has 0 saturated heterocycles. The lowest BCUT2D eigenvalue weighted by atomic mass is 10.2. The molecule has 88 valence electrons. The van der Waals surface area contributed by atoms with Crippen LogP contribution in [-0.4, -0.2) is 5.11 Å². The van der Waals surface area contributed by atoms with E-state index < -0.39 is 0 Å². The summed E-state index contributed by atoms with van der Waals surface area (Å²) in [5.74, 6) is 0.613. The van der Waals surface area contributed by atoms with Crippen molar-refractivity contribution in [3.05, 3.63) is 58.3 Å². The first-order valence-electron chi connectivity index (χ1n) is 5.01. The molecule has 4 heteroatoms. The minimum Gasteiger partial charge on any atom is -0.507 e. The Hall–Kier alpha value is -1.00. The molecule has 0 atom stereocenters. The summed E-state index contributed by atoms with van der Waals surface area (Å²) in [5.41, 5.74) is 0.873. The molecule has 0 unspecified atom stereocenters. The van der Waals surface area contributed by atoms with Crippen LogP contribution in [0.5, 0.6) is 5.75 Å². The highest BCUT2D eigenvalue weighted by molar-refractivity contribution is 9.10. The Kier molecular flexibility index (Phi) is 4.07. The average molecular weight is 313 g/mol. The molecule has 1 N–H and O–H groups in total. The zero-order valence-corrected chi connectivity index (χ0v) is 11.3. The van der Waals surface area contributed by atoms with Gasteiger partial charge in [0, 0.05) is 15.1 Å². The van der Waals surface area contributed by atoms with Crippen LogP contribution in [-0.2, 0) is 5.75 Å². The molecule has 0 saturated carbocycles. The molecule has 0 radical (unpaired) electrons. The highest BCUT2D eigenvalue weighted by Gasteiger charge is 2.05. The van der Waals surface area contributed by atoms with Gasteiger partial charge in [-0.25, -0.2) is 4.39 Å². The number of aromatic hydroxyl groups is 1. The Balaban J connectivity index is 2.12. The third kappa shape index (κ3) is 3.23. The van der Waals surface area contributed by atoms with E-state index in [-0.39, 0.29) is 11.6 Å². The van der Waals surface area contributed by atoms with E-state index in [1.165, 1.54) is 23.9 Å². The number of halogens is 2. The highest BCUT2D eigenvalue weighted by Crippen LogP contribution is 2.32. The summed E-state index contributed by atoms with van der Waals surface area (Å²) in [7, 11) is 0. The first-order chi connectivity index (χ1) is 8.16. The fraction of sp³-hybridized carbons (Fsp3) is 0.0769. The summed E-state index contributed by atoms with van der Waals surface area (Å²) in [4.78, 5) is 0.795. The maximum atomic E-state index is 13.1. The fourth-order valence-corrected chi connectivity index (χ4v) is 2.90. The molecule has 2 aromatic carbocycles. The van der Waals surface area contributed by atoms with Crippen molar-refractivity contribution < 1.29 is 9.50 Å². The van der Waals surface area contributed by atoms with E-state index in [4.69, 9.17) is 0 Å². The van der Waals surface area contributed by atoms with E-state index in [2.05, 4.69) is 15.9 Å². The number of thioether (sulfide) groups is 1. The van der Waals surface area contributed by atoms with Crippen molar-refractivity contribution in [2.24, 2.45) is 0 Å². The van der Waals surface area contributed by atoms with Gasteiger partial charge >= 0.3 is 0 Å². The summed E-state index contributed by atoms with van der Waals surface area (Å²) in [6.45, 7) is 0. The SMILES string of the molecule is Oc1ccccc1SCc1cc(F)ccc1Br. The zero-order valence-electron chi connectivity index (χ0n) is 8.86. The van der Waals surface area contributed by atoms with Crippen molar-refractivity contribution in [3.63, 3.8) is 0 Å². The Morgan fingerprint density at radius 2 is 1.94 bits per heavy atom. The van der Waals surface area contributed by atoms with Gasteiger partial charge in [0.05, 0.1) is 0 Å².